The lowest BCUT2D eigenvalue weighted by molar-refractivity contribution is -0.127. The van der Waals surface area contributed by atoms with Crippen molar-refractivity contribution in [2.45, 2.75) is 13.0 Å². The van der Waals surface area contributed by atoms with Crippen LogP contribution in [0.15, 0.2) is 35.7 Å². The molecule has 0 fully saturated rings. The van der Waals surface area contributed by atoms with Gasteiger partial charge in [0.1, 0.15) is 17.3 Å². The number of rotatable bonds is 3. The van der Waals surface area contributed by atoms with Crippen molar-refractivity contribution in [2.75, 3.05) is 6.54 Å². The van der Waals surface area contributed by atoms with Gasteiger partial charge in [-0.15, -0.1) is 11.3 Å². The van der Waals surface area contributed by atoms with E-state index in [1.807, 2.05) is 0 Å². The highest BCUT2D eigenvalue weighted by atomic mass is 32.1. The molecule has 3 heterocycles. The van der Waals surface area contributed by atoms with Crippen LogP contribution in [0.3, 0.4) is 0 Å². The average Bonchev–Trinajstić information content (AvgIpc) is 3.30. The smallest absolute Gasteiger partial charge is 0.296 e. The van der Waals surface area contributed by atoms with E-state index >= 15 is 0 Å². The summed E-state index contributed by atoms with van der Waals surface area (Å²) >= 11 is 1.20. The molecule has 132 valence electrons. The summed E-state index contributed by atoms with van der Waals surface area (Å²) in [7, 11) is 0. The van der Waals surface area contributed by atoms with E-state index < -0.39 is 23.3 Å². The van der Waals surface area contributed by atoms with E-state index in [0.29, 0.717) is 23.4 Å². The highest BCUT2D eigenvalue weighted by Gasteiger charge is 2.31. The van der Waals surface area contributed by atoms with Gasteiger partial charge in [0.05, 0.1) is 17.0 Å². The number of hydrogen-bond acceptors (Lipinski definition) is 4. The molecule has 0 bridgehead atoms. The molecule has 4 rings (SSSR count). The van der Waals surface area contributed by atoms with Crippen molar-refractivity contribution < 1.29 is 18.4 Å². The number of fused-ring (bicyclic) bond motifs is 1. The number of nitrogens with one attached hydrogen (secondary N) is 1. The molecule has 0 unspecified atom stereocenters. The zero-order valence-corrected chi connectivity index (χ0v) is 14.3. The van der Waals surface area contributed by atoms with Crippen LogP contribution < -0.4 is 0 Å². The number of ketones is 1. The Morgan fingerprint density at radius 1 is 1.15 bits per heavy atom. The van der Waals surface area contributed by atoms with Gasteiger partial charge in [0.25, 0.3) is 11.7 Å². The summed E-state index contributed by atoms with van der Waals surface area (Å²) in [5.41, 5.74) is 1.16. The molecule has 2 aromatic heterocycles. The number of benzene rings is 1. The SMILES string of the molecule is O=C(C(=O)N1CCc2[nH]nc(-c3c(F)cccc3F)c2C1)c1cccs1. The van der Waals surface area contributed by atoms with Gasteiger partial charge in [-0.05, 0) is 23.6 Å². The monoisotopic (exact) mass is 373 g/mol. The van der Waals surface area contributed by atoms with E-state index in [4.69, 9.17) is 0 Å². The van der Waals surface area contributed by atoms with Gasteiger partial charge in [0.2, 0.25) is 0 Å². The molecule has 3 aromatic rings. The number of aromatic nitrogens is 2. The topological polar surface area (TPSA) is 66.1 Å². The highest BCUT2D eigenvalue weighted by Crippen LogP contribution is 2.32. The molecule has 0 saturated heterocycles. The van der Waals surface area contributed by atoms with Crippen LogP contribution in [0.4, 0.5) is 8.78 Å². The van der Waals surface area contributed by atoms with E-state index in [2.05, 4.69) is 10.2 Å². The van der Waals surface area contributed by atoms with E-state index in [1.165, 1.54) is 22.3 Å². The van der Waals surface area contributed by atoms with Crippen molar-refractivity contribution in [1.82, 2.24) is 15.1 Å². The molecule has 1 aliphatic heterocycles. The maximum Gasteiger partial charge on any atom is 0.296 e. The number of aromatic amines is 1. The Kier molecular flexibility index (Phi) is 4.12. The Balaban J connectivity index is 1.66. The van der Waals surface area contributed by atoms with E-state index in [1.54, 1.807) is 17.5 Å². The predicted molar refractivity (Wildman–Crippen MR) is 91.7 cm³/mol. The van der Waals surface area contributed by atoms with Gasteiger partial charge in [-0.2, -0.15) is 5.10 Å². The number of thiophene rings is 1. The first kappa shape index (κ1) is 16.6. The maximum absolute atomic E-state index is 14.1. The largest absolute Gasteiger partial charge is 0.331 e. The number of carbonyl (C=O) groups excluding carboxylic acids is 2. The minimum Gasteiger partial charge on any atom is -0.331 e. The highest BCUT2D eigenvalue weighted by molar-refractivity contribution is 7.13. The fourth-order valence-electron chi connectivity index (χ4n) is 3.06. The first-order valence-electron chi connectivity index (χ1n) is 7.94. The molecule has 1 N–H and O–H groups in total. The number of Topliss-reactive ketones (excluding diaryl/α,β-unsaturated/α-hetero) is 1. The number of halogens is 2. The van der Waals surface area contributed by atoms with Crippen LogP contribution in [0.1, 0.15) is 20.9 Å². The van der Waals surface area contributed by atoms with Crippen molar-refractivity contribution in [2.24, 2.45) is 0 Å². The molecular weight excluding hydrogens is 360 g/mol. The summed E-state index contributed by atoms with van der Waals surface area (Å²) in [4.78, 5) is 26.6. The van der Waals surface area contributed by atoms with Crippen LogP contribution in [-0.4, -0.2) is 33.3 Å². The Bertz CT molecular complexity index is 978. The van der Waals surface area contributed by atoms with E-state index in [-0.39, 0.29) is 17.8 Å². The molecule has 1 aromatic carbocycles. The third kappa shape index (κ3) is 2.72. The summed E-state index contributed by atoms with van der Waals surface area (Å²) in [6.45, 7) is 0.412. The van der Waals surface area contributed by atoms with Gasteiger partial charge in [0, 0.05) is 24.2 Å². The van der Waals surface area contributed by atoms with Crippen molar-refractivity contribution in [3.8, 4) is 11.3 Å². The summed E-state index contributed by atoms with van der Waals surface area (Å²) in [5, 5.41) is 8.57. The fourth-order valence-corrected chi connectivity index (χ4v) is 3.71. The van der Waals surface area contributed by atoms with Gasteiger partial charge < -0.3 is 4.90 Å². The Morgan fingerprint density at radius 3 is 2.62 bits per heavy atom. The Morgan fingerprint density at radius 2 is 1.92 bits per heavy atom. The quantitative estimate of drug-likeness (QED) is 0.566. The third-order valence-electron chi connectivity index (χ3n) is 4.36. The van der Waals surface area contributed by atoms with Crippen molar-refractivity contribution in [3.05, 3.63) is 63.5 Å². The summed E-state index contributed by atoms with van der Waals surface area (Å²) < 4.78 is 28.3. The van der Waals surface area contributed by atoms with Gasteiger partial charge in [-0.3, -0.25) is 14.7 Å². The van der Waals surface area contributed by atoms with Crippen LogP contribution >= 0.6 is 11.3 Å². The van der Waals surface area contributed by atoms with Crippen LogP contribution in [-0.2, 0) is 17.8 Å². The molecule has 1 aliphatic rings. The van der Waals surface area contributed by atoms with Crippen LogP contribution in [0.2, 0.25) is 0 Å². The second kappa shape index (κ2) is 6.45. The van der Waals surface area contributed by atoms with E-state index in [9.17, 15) is 18.4 Å². The van der Waals surface area contributed by atoms with Gasteiger partial charge in [-0.1, -0.05) is 12.1 Å². The van der Waals surface area contributed by atoms with E-state index in [0.717, 1.165) is 17.8 Å². The van der Waals surface area contributed by atoms with Crippen LogP contribution in [0.5, 0.6) is 0 Å². The zero-order valence-electron chi connectivity index (χ0n) is 13.5. The molecule has 1 amide bonds. The number of carbonyl (C=O) groups is 2. The number of amides is 1. The molecule has 26 heavy (non-hydrogen) atoms. The minimum absolute atomic E-state index is 0.0743. The molecule has 0 saturated carbocycles. The summed E-state index contributed by atoms with van der Waals surface area (Å²) in [6.07, 6.45) is 0.432. The molecule has 8 heteroatoms. The second-order valence-corrected chi connectivity index (χ2v) is 6.86. The lowest BCUT2D eigenvalue weighted by Crippen LogP contribution is -2.40. The molecule has 0 atom stereocenters. The summed E-state index contributed by atoms with van der Waals surface area (Å²) in [6, 6.07) is 6.90. The van der Waals surface area contributed by atoms with Gasteiger partial charge in [0.15, 0.2) is 0 Å². The molecular formula is C18H13F2N3O2S. The van der Waals surface area contributed by atoms with Crippen molar-refractivity contribution in [3.63, 3.8) is 0 Å². The van der Waals surface area contributed by atoms with Gasteiger partial charge in [-0.25, -0.2) is 8.78 Å². The second-order valence-electron chi connectivity index (χ2n) is 5.91. The Hall–Kier alpha value is -2.87. The molecule has 0 spiro atoms. The first-order valence-corrected chi connectivity index (χ1v) is 8.82. The molecule has 0 radical (unpaired) electrons. The fraction of sp³-hybridized carbons (Fsp3) is 0.167. The maximum atomic E-state index is 14.1. The Labute approximate surface area is 151 Å². The standard InChI is InChI=1S/C18H13F2N3O2S/c19-11-3-1-4-12(20)15(11)16-10-9-23(7-6-13(10)21-22-16)18(25)17(24)14-5-2-8-26-14/h1-5,8H,6-7,9H2,(H,21,22). The number of nitrogens with zero attached hydrogens (tertiary/aromatic N) is 2. The lowest BCUT2D eigenvalue weighted by Gasteiger charge is -2.26. The molecule has 5 nitrogen and oxygen atoms in total. The minimum atomic E-state index is -0.725. The number of H-pyrrole nitrogens is 1. The van der Waals surface area contributed by atoms with Crippen molar-refractivity contribution >= 4 is 23.0 Å². The molecule has 0 aliphatic carbocycles. The third-order valence-corrected chi connectivity index (χ3v) is 5.23. The van der Waals surface area contributed by atoms with Crippen molar-refractivity contribution in [1.29, 1.82) is 0 Å². The normalized spacial score (nSPS) is 13.5. The predicted octanol–water partition coefficient (Wildman–Crippen LogP) is 3.18. The lowest BCUT2D eigenvalue weighted by atomic mass is 10.00. The zero-order chi connectivity index (χ0) is 18.3. The van der Waals surface area contributed by atoms with Gasteiger partial charge >= 0.3 is 0 Å². The number of hydrogen-bond donors (Lipinski definition) is 1. The van der Waals surface area contributed by atoms with Crippen LogP contribution in [0, 0.1) is 11.6 Å². The summed E-state index contributed by atoms with van der Waals surface area (Å²) in [5.74, 6) is -2.65. The first-order chi connectivity index (χ1) is 12.6. The average molecular weight is 373 g/mol. The van der Waals surface area contributed by atoms with Crippen LogP contribution in [0.25, 0.3) is 11.3 Å².